The zero-order valence-corrected chi connectivity index (χ0v) is 10.4. The Morgan fingerprint density at radius 2 is 1.88 bits per heavy atom. The second-order valence-electron chi connectivity index (χ2n) is 4.28. The summed E-state index contributed by atoms with van der Waals surface area (Å²) in [6.45, 7) is 0.736. The molecule has 1 unspecified atom stereocenters. The molecule has 2 aromatic rings. The summed E-state index contributed by atoms with van der Waals surface area (Å²) >= 11 is 0. The zero-order chi connectivity index (χ0) is 12.1. The van der Waals surface area contributed by atoms with Crippen molar-refractivity contribution < 1.29 is 4.74 Å². The van der Waals surface area contributed by atoms with E-state index in [1.165, 1.54) is 16.3 Å². The third-order valence-corrected chi connectivity index (χ3v) is 3.12. The predicted octanol–water partition coefficient (Wildman–Crippen LogP) is 2.62. The van der Waals surface area contributed by atoms with Gasteiger partial charge >= 0.3 is 0 Å². The van der Waals surface area contributed by atoms with Crippen LogP contribution in [0.3, 0.4) is 0 Å². The van der Waals surface area contributed by atoms with Crippen LogP contribution in [0.5, 0.6) is 0 Å². The second kappa shape index (κ2) is 5.80. The van der Waals surface area contributed by atoms with Crippen molar-refractivity contribution >= 4 is 10.8 Å². The van der Waals surface area contributed by atoms with Crippen molar-refractivity contribution in [2.24, 2.45) is 0 Å². The fourth-order valence-electron chi connectivity index (χ4n) is 2.18. The lowest BCUT2D eigenvalue weighted by Gasteiger charge is -2.16. The molecule has 0 radical (unpaired) electrons. The van der Waals surface area contributed by atoms with Gasteiger partial charge in [0.25, 0.3) is 0 Å². The summed E-state index contributed by atoms with van der Waals surface area (Å²) < 4.78 is 5.22. The molecular weight excluding hydrogens is 210 g/mol. The van der Waals surface area contributed by atoms with Gasteiger partial charge in [-0.3, -0.25) is 0 Å². The van der Waals surface area contributed by atoms with Crippen molar-refractivity contribution in [3.05, 3.63) is 48.0 Å². The second-order valence-corrected chi connectivity index (χ2v) is 4.28. The number of likely N-dealkylation sites (N-methyl/N-ethyl adjacent to an activating group) is 1. The molecule has 2 rings (SSSR count). The molecule has 0 amide bonds. The number of fused-ring (bicyclic) bond motifs is 1. The number of ether oxygens (including phenoxy) is 1. The van der Waals surface area contributed by atoms with Gasteiger partial charge in [0.15, 0.2) is 0 Å². The lowest BCUT2D eigenvalue weighted by atomic mass is 9.99. The van der Waals surface area contributed by atoms with Crippen LogP contribution < -0.4 is 5.32 Å². The fraction of sp³-hybridized carbons (Fsp3) is 0.333. The Morgan fingerprint density at radius 3 is 2.65 bits per heavy atom. The van der Waals surface area contributed by atoms with E-state index in [-0.39, 0.29) is 0 Å². The first-order valence-corrected chi connectivity index (χ1v) is 5.98. The minimum atomic E-state index is 0.366. The van der Waals surface area contributed by atoms with Gasteiger partial charge in [0, 0.05) is 13.2 Å². The molecule has 90 valence electrons. The summed E-state index contributed by atoms with van der Waals surface area (Å²) in [4.78, 5) is 0. The van der Waals surface area contributed by atoms with Gasteiger partial charge in [0.05, 0.1) is 6.61 Å². The SMILES string of the molecule is CNC(COC)Cc1cccc2ccccc12. The smallest absolute Gasteiger partial charge is 0.0618 e. The average molecular weight is 229 g/mol. The number of hydrogen-bond donors (Lipinski definition) is 1. The van der Waals surface area contributed by atoms with Crippen molar-refractivity contribution in [1.29, 1.82) is 0 Å². The number of nitrogens with one attached hydrogen (secondary N) is 1. The van der Waals surface area contributed by atoms with E-state index in [1.807, 2.05) is 7.05 Å². The molecule has 1 N–H and O–H groups in total. The fourth-order valence-corrected chi connectivity index (χ4v) is 2.18. The van der Waals surface area contributed by atoms with E-state index in [2.05, 4.69) is 47.8 Å². The molecule has 2 heteroatoms. The lowest BCUT2D eigenvalue weighted by Crippen LogP contribution is -2.32. The summed E-state index contributed by atoms with van der Waals surface area (Å²) in [6.07, 6.45) is 0.992. The van der Waals surface area contributed by atoms with E-state index < -0.39 is 0 Å². The minimum absolute atomic E-state index is 0.366. The van der Waals surface area contributed by atoms with Gasteiger partial charge in [-0.2, -0.15) is 0 Å². The molecule has 0 aliphatic rings. The molecule has 0 bridgehead atoms. The summed E-state index contributed by atoms with van der Waals surface area (Å²) in [6, 6.07) is 15.4. The first kappa shape index (κ1) is 12.1. The van der Waals surface area contributed by atoms with E-state index in [0.717, 1.165) is 13.0 Å². The minimum Gasteiger partial charge on any atom is -0.383 e. The number of benzene rings is 2. The molecule has 2 nitrogen and oxygen atoms in total. The molecular formula is C15H19NO. The topological polar surface area (TPSA) is 21.3 Å². The van der Waals surface area contributed by atoms with Crippen LogP contribution in [0.2, 0.25) is 0 Å². The Balaban J connectivity index is 2.28. The van der Waals surface area contributed by atoms with Crippen LogP contribution in [0.4, 0.5) is 0 Å². The number of methoxy groups -OCH3 is 1. The third-order valence-electron chi connectivity index (χ3n) is 3.12. The first-order valence-electron chi connectivity index (χ1n) is 5.98. The molecule has 1 atom stereocenters. The number of hydrogen-bond acceptors (Lipinski definition) is 2. The molecule has 0 heterocycles. The third kappa shape index (κ3) is 2.84. The van der Waals surface area contributed by atoms with Crippen molar-refractivity contribution in [1.82, 2.24) is 5.32 Å². The Hall–Kier alpha value is -1.38. The molecule has 0 spiro atoms. The van der Waals surface area contributed by atoms with Crippen molar-refractivity contribution in [2.75, 3.05) is 20.8 Å². The highest BCUT2D eigenvalue weighted by Crippen LogP contribution is 2.19. The summed E-state index contributed by atoms with van der Waals surface area (Å²) in [5.74, 6) is 0. The molecule has 0 fully saturated rings. The molecule has 0 saturated heterocycles. The van der Waals surface area contributed by atoms with Crippen molar-refractivity contribution in [2.45, 2.75) is 12.5 Å². The van der Waals surface area contributed by atoms with Gasteiger partial charge in [-0.25, -0.2) is 0 Å². The lowest BCUT2D eigenvalue weighted by molar-refractivity contribution is 0.169. The predicted molar refractivity (Wildman–Crippen MR) is 72.4 cm³/mol. The molecule has 2 aromatic carbocycles. The van der Waals surface area contributed by atoms with Gasteiger partial charge in [0.1, 0.15) is 0 Å². The van der Waals surface area contributed by atoms with E-state index in [4.69, 9.17) is 4.74 Å². The van der Waals surface area contributed by atoms with Crippen molar-refractivity contribution in [3.8, 4) is 0 Å². The standard InChI is InChI=1S/C15H19NO/c1-16-14(11-17-2)10-13-8-5-7-12-6-3-4-9-15(12)13/h3-9,14,16H,10-11H2,1-2H3. The highest BCUT2D eigenvalue weighted by molar-refractivity contribution is 5.85. The largest absolute Gasteiger partial charge is 0.383 e. The quantitative estimate of drug-likeness (QED) is 0.851. The average Bonchev–Trinajstić information content (AvgIpc) is 2.38. The van der Waals surface area contributed by atoms with Crippen LogP contribution >= 0.6 is 0 Å². The normalized spacial score (nSPS) is 12.8. The van der Waals surface area contributed by atoms with Crippen LogP contribution in [0.1, 0.15) is 5.56 Å². The zero-order valence-electron chi connectivity index (χ0n) is 10.4. The Bertz CT molecular complexity index is 476. The van der Waals surface area contributed by atoms with Gasteiger partial charge in [0.2, 0.25) is 0 Å². The van der Waals surface area contributed by atoms with Crippen LogP contribution in [-0.2, 0) is 11.2 Å². The van der Waals surface area contributed by atoms with E-state index in [0.29, 0.717) is 6.04 Å². The highest BCUT2D eigenvalue weighted by atomic mass is 16.5. The Kier molecular flexibility index (Phi) is 4.13. The Labute approximate surface area is 103 Å². The van der Waals surface area contributed by atoms with Gasteiger partial charge in [-0.05, 0) is 29.8 Å². The molecule has 0 saturated carbocycles. The number of rotatable bonds is 5. The molecule has 0 aliphatic heterocycles. The summed E-state index contributed by atoms with van der Waals surface area (Å²) in [5, 5.41) is 5.93. The molecule has 17 heavy (non-hydrogen) atoms. The van der Waals surface area contributed by atoms with Crippen LogP contribution in [0.15, 0.2) is 42.5 Å². The highest BCUT2D eigenvalue weighted by Gasteiger charge is 2.08. The van der Waals surface area contributed by atoms with E-state index in [1.54, 1.807) is 7.11 Å². The Morgan fingerprint density at radius 1 is 1.12 bits per heavy atom. The van der Waals surface area contributed by atoms with Crippen LogP contribution in [0.25, 0.3) is 10.8 Å². The van der Waals surface area contributed by atoms with Gasteiger partial charge < -0.3 is 10.1 Å². The van der Waals surface area contributed by atoms with Crippen LogP contribution in [0, 0.1) is 0 Å². The van der Waals surface area contributed by atoms with E-state index in [9.17, 15) is 0 Å². The maximum absolute atomic E-state index is 5.22. The summed E-state index contributed by atoms with van der Waals surface area (Å²) in [7, 11) is 3.72. The maximum atomic E-state index is 5.22. The van der Waals surface area contributed by atoms with Crippen LogP contribution in [-0.4, -0.2) is 26.8 Å². The van der Waals surface area contributed by atoms with E-state index >= 15 is 0 Å². The molecule has 0 aliphatic carbocycles. The summed E-state index contributed by atoms with van der Waals surface area (Å²) in [5.41, 5.74) is 1.37. The monoisotopic (exact) mass is 229 g/mol. The first-order chi connectivity index (χ1) is 8.35. The maximum Gasteiger partial charge on any atom is 0.0618 e. The van der Waals surface area contributed by atoms with Crippen molar-refractivity contribution in [3.63, 3.8) is 0 Å². The molecule has 0 aromatic heterocycles. The van der Waals surface area contributed by atoms with Gasteiger partial charge in [-0.1, -0.05) is 42.5 Å². The van der Waals surface area contributed by atoms with Gasteiger partial charge in [-0.15, -0.1) is 0 Å².